The van der Waals surface area contributed by atoms with Crippen molar-refractivity contribution < 1.29 is 37.1 Å². The van der Waals surface area contributed by atoms with E-state index in [1.165, 1.54) is 0 Å². The average molecular weight is 310 g/mol. The van der Waals surface area contributed by atoms with E-state index >= 15 is 0 Å². The Hall–Kier alpha value is -2.59. The zero-order chi connectivity index (χ0) is 16.2. The van der Waals surface area contributed by atoms with Crippen molar-refractivity contribution in [1.82, 2.24) is 4.98 Å². The van der Waals surface area contributed by atoms with E-state index in [1.807, 2.05) is 0 Å². The van der Waals surface area contributed by atoms with Crippen molar-refractivity contribution in [2.24, 2.45) is 0 Å². The van der Waals surface area contributed by atoms with Crippen LogP contribution >= 0.6 is 0 Å². The van der Waals surface area contributed by atoms with Crippen LogP contribution in [0.4, 0.5) is 19.0 Å². The maximum atomic E-state index is 12.3. The molecule has 0 aliphatic carbocycles. The van der Waals surface area contributed by atoms with Gasteiger partial charge in [-0.25, -0.2) is 0 Å². The van der Waals surface area contributed by atoms with Crippen LogP contribution in [0.25, 0.3) is 0 Å². The highest BCUT2D eigenvalue weighted by molar-refractivity contribution is 5.74. The Kier molecular flexibility index (Phi) is 4.89. The monoisotopic (exact) mass is 310 g/mol. The smallest absolute Gasteiger partial charge is 0.496 e. The number of nitrogens with zero attached hydrogens (tertiary/aromatic N) is 2. The van der Waals surface area contributed by atoms with E-state index in [0.29, 0.717) is 0 Å². The summed E-state index contributed by atoms with van der Waals surface area (Å²) in [5, 5.41) is 10.6. The lowest BCUT2D eigenvalue weighted by Crippen LogP contribution is -2.20. The minimum atomic E-state index is -5.14. The standard InChI is InChI=1S/C10H9F3N2O6/c1-19-6-4-7(15(17)18)14-9(21-10(11,12)13)5(6)3-8(16)20-2/h4H,3H2,1-2H3. The van der Waals surface area contributed by atoms with Gasteiger partial charge in [-0.2, -0.15) is 0 Å². The first-order valence-electron chi connectivity index (χ1n) is 5.22. The van der Waals surface area contributed by atoms with Crippen LogP contribution in [0.2, 0.25) is 0 Å². The third-order valence-electron chi connectivity index (χ3n) is 2.20. The summed E-state index contributed by atoms with van der Waals surface area (Å²) >= 11 is 0. The van der Waals surface area contributed by atoms with E-state index in [0.717, 1.165) is 20.3 Å². The molecule has 0 amide bonds. The quantitative estimate of drug-likeness (QED) is 0.462. The molecule has 0 aliphatic heterocycles. The first-order valence-corrected chi connectivity index (χ1v) is 5.22. The van der Waals surface area contributed by atoms with Gasteiger partial charge in [0.2, 0.25) is 0 Å². The molecule has 0 saturated heterocycles. The lowest BCUT2D eigenvalue weighted by Gasteiger charge is -2.11. The molecule has 116 valence electrons. The van der Waals surface area contributed by atoms with Crippen molar-refractivity contribution in [3.63, 3.8) is 0 Å². The van der Waals surface area contributed by atoms with Crippen molar-refractivity contribution in [1.29, 1.82) is 0 Å². The number of ether oxygens (including phenoxy) is 3. The second-order valence-corrected chi connectivity index (χ2v) is 3.52. The fourth-order valence-electron chi connectivity index (χ4n) is 1.36. The predicted molar refractivity (Wildman–Crippen MR) is 59.8 cm³/mol. The molecule has 0 radical (unpaired) electrons. The van der Waals surface area contributed by atoms with Crippen LogP contribution in [-0.2, 0) is 16.0 Å². The number of hydrogen-bond donors (Lipinski definition) is 0. The van der Waals surface area contributed by atoms with Crippen LogP contribution < -0.4 is 9.47 Å². The second-order valence-electron chi connectivity index (χ2n) is 3.52. The molecular formula is C10H9F3N2O6. The molecule has 1 heterocycles. The van der Waals surface area contributed by atoms with Gasteiger partial charge in [-0.1, -0.05) is 0 Å². The summed E-state index contributed by atoms with van der Waals surface area (Å²) in [4.78, 5) is 23.9. The number of methoxy groups -OCH3 is 2. The molecule has 1 rings (SSSR count). The molecule has 1 aromatic rings. The third kappa shape index (κ3) is 4.47. The number of alkyl halides is 3. The van der Waals surface area contributed by atoms with Crippen LogP contribution in [0.1, 0.15) is 5.56 Å². The minimum absolute atomic E-state index is 0.346. The fourth-order valence-corrected chi connectivity index (χ4v) is 1.36. The number of esters is 1. The van der Waals surface area contributed by atoms with Crippen LogP contribution in [0.5, 0.6) is 11.6 Å². The summed E-state index contributed by atoms with van der Waals surface area (Å²) in [6.07, 6.45) is -5.80. The molecule has 8 nitrogen and oxygen atoms in total. The van der Waals surface area contributed by atoms with Gasteiger partial charge in [-0.3, -0.25) is 4.79 Å². The van der Waals surface area contributed by atoms with Gasteiger partial charge in [0.25, 0.3) is 0 Å². The number of carbonyl (C=O) groups excluding carboxylic acids is 1. The maximum absolute atomic E-state index is 12.3. The van der Waals surface area contributed by atoms with E-state index in [-0.39, 0.29) is 5.75 Å². The van der Waals surface area contributed by atoms with Gasteiger partial charge in [0.05, 0.1) is 32.3 Å². The number of pyridine rings is 1. The van der Waals surface area contributed by atoms with Gasteiger partial charge in [-0.15, -0.1) is 13.2 Å². The van der Waals surface area contributed by atoms with Crippen LogP contribution in [0.15, 0.2) is 6.07 Å². The summed E-state index contributed by atoms with van der Waals surface area (Å²) < 4.78 is 49.6. The highest BCUT2D eigenvalue weighted by atomic mass is 19.4. The molecule has 1 aromatic heterocycles. The third-order valence-corrected chi connectivity index (χ3v) is 2.20. The van der Waals surface area contributed by atoms with Crippen LogP contribution in [0, 0.1) is 10.1 Å². The van der Waals surface area contributed by atoms with Gasteiger partial charge in [0, 0.05) is 4.98 Å². The van der Waals surface area contributed by atoms with Crippen molar-refractivity contribution in [2.75, 3.05) is 14.2 Å². The summed E-state index contributed by atoms with van der Waals surface area (Å²) in [6.45, 7) is 0. The van der Waals surface area contributed by atoms with Gasteiger partial charge < -0.3 is 24.3 Å². The molecule has 21 heavy (non-hydrogen) atoms. The van der Waals surface area contributed by atoms with E-state index in [2.05, 4.69) is 14.5 Å². The number of rotatable bonds is 5. The first kappa shape index (κ1) is 16.5. The number of halogens is 3. The second kappa shape index (κ2) is 6.24. The van der Waals surface area contributed by atoms with E-state index in [4.69, 9.17) is 4.74 Å². The molecule has 0 atom stereocenters. The average Bonchev–Trinajstić information content (AvgIpc) is 2.38. The predicted octanol–water partition coefficient (Wildman–Crippen LogP) is 1.61. The van der Waals surface area contributed by atoms with Gasteiger partial charge in [0.1, 0.15) is 5.75 Å². The van der Waals surface area contributed by atoms with Crippen LogP contribution in [-0.4, -0.2) is 36.5 Å². The molecule has 11 heteroatoms. The molecule has 0 N–H and O–H groups in total. The Morgan fingerprint density at radius 1 is 1.43 bits per heavy atom. The van der Waals surface area contributed by atoms with Crippen molar-refractivity contribution in [3.05, 3.63) is 21.7 Å². The Morgan fingerprint density at radius 2 is 2.05 bits per heavy atom. The van der Waals surface area contributed by atoms with Crippen LogP contribution in [0.3, 0.4) is 0 Å². The number of hydrogen-bond acceptors (Lipinski definition) is 7. The van der Waals surface area contributed by atoms with E-state index in [9.17, 15) is 28.1 Å². The highest BCUT2D eigenvalue weighted by Gasteiger charge is 2.37. The zero-order valence-electron chi connectivity index (χ0n) is 10.8. The minimum Gasteiger partial charge on any atom is -0.496 e. The number of carbonyl (C=O) groups is 1. The molecular weight excluding hydrogens is 301 g/mol. The van der Waals surface area contributed by atoms with E-state index in [1.54, 1.807) is 0 Å². The molecule has 0 spiro atoms. The van der Waals surface area contributed by atoms with Crippen molar-refractivity contribution >= 4 is 11.8 Å². The van der Waals surface area contributed by atoms with Gasteiger partial charge in [0.15, 0.2) is 0 Å². The topological polar surface area (TPSA) is 101 Å². The van der Waals surface area contributed by atoms with Gasteiger partial charge in [-0.05, 0) is 4.92 Å². The SMILES string of the molecule is COC(=O)Cc1c(OC)cc([N+](=O)[O-])nc1OC(F)(F)F. The molecule has 0 saturated carbocycles. The zero-order valence-corrected chi connectivity index (χ0v) is 10.8. The summed E-state index contributed by atoms with van der Waals surface area (Å²) in [5.74, 6) is -3.30. The molecule has 0 fully saturated rings. The van der Waals surface area contributed by atoms with E-state index < -0.39 is 40.9 Å². The highest BCUT2D eigenvalue weighted by Crippen LogP contribution is 2.34. The lowest BCUT2D eigenvalue weighted by molar-refractivity contribution is -0.390. The Balaban J connectivity index is 3.41. The normalized spacial score (nSPS) is 10.9. The Morgan fingerprint density at radius 3 is 2.48 bits per heavy atom. The summed E-state index contributed by atoms with van der Waals surface area (Å²) in [5.41, 5.74) is -0.410. The molecule has 0 aliphatic rings. The molecule has 0 unspecified atom stereocenters. The summed E-state index contributed by atoms with van der Waals surface area (Å²) in [7, 11) is 2.09. The molecule has 0 bridgehead atoms. The maximum Gasteiger partial charge on any atom is 0.575 e. The number of nitro groups is 1. The lowest BCUT2D eigenvalue weighted by atomic mass is 10.1. The molecule has 0 aromatic carbocycles. The van der Waals surface area contributed by atoms with Crippen molar-refractivity contribution in [3.8, 4) is 11.6 Å². The Bertz CT molecular complexity index is 560. The number of aromatic nitrogens is 1. The summed E-state index contributed by atoms with van der Waals surface area (Å²) in [6, 6.07) is 0.779. The van der Waals surface area contributed by atoms with Gasteiger partial charge >= 0.3 is 24.0 Å². The van der Waals surface area contributed by atoms with Crippen molar-refractivity contribution in [2.45, 2.75) is 12.8 Å². The Labute approximate surface area is 115 Å². The fraction of sp³-hybridized carbons (Fsp3) is 0.400. The first-order chi connectivity index (χ1) is 9.67. The largest absolute Gasteiger partial charge is 0.575 e.